The van der Waals surface area contributed by atoms with Crippen molar-refractivity contribution in [2.45, 2.75) is 65.1 Å². The molecular formula is C20H27NO12. The standard InChI is InChI=1S/C20H27NO12/c1-9(22)21-17-14(30-11(3)24)7-15(20(27)28-6)33-19(17)18(32-13(5)26)16(31-12(4)25)8-29-10(2)23/h7,14,16-19H,8H2,1-6H3,(H,21,22)/t14-,16+,17+,18?,19+/m0/s1. The van der Waals surface area contributed by atoms with Gasteiger partial charge in [-0.25, -0.2) is 4.79 Å². The second-order valence-corrected chi connectivity index (χ2v) is 6.93. The van der Waals surface area contributed by atoms with Gasteiger partial charge in [-0.2, -0.15) is 0 Å². The van der Waals surface area contributed by atoms with Crippen LogP contribution in [0.25, 0.3) is 0 Å². The van der Waals surface area contributed by atoms with Crippen molar-refractivity contribution in [2.75, 3.05) is 13.7 Å². The quantitative estimate of drug-likeness (QED) is 0.331. The van der Waals surface area contributed by atoms with E-state index in [0.717, 1.165) is 40.9 Å². The van der Waals surface area contributed by atoms with Crippen LogP contribution < -0.4 is 5.32 Å². The van der Waals surface area contributed by atoms with Gasteiger partial charge in [-0.05, 0) is 0 Å². The van der Waals surface area contributed by atoms with Gasteiger partial charge in [-0.15, -0.1) is 0 Å². The van der Waals surface area contributed by atoms with E-state index in [9.17, 15) is 28.8 Å². The Balaban J connectivity index is 3.58. The summed E-state index contributed by atoms with van der Waals surface area (Å²) in [5, 5.41) is 2.51. The summed E-state index contributed by atoms with van der Waals surface area (Å²) in [4.78, 5) is 70.6. The summed E-state index contributed by atoms with van der Waals surface area (Å²) in [6, 6.07) is -1.21. The molecule has 13 nitrogen and oxygen atoms in total. The maximum absolute atomic E-state index is 12.2. The Kier molecular flexibility index (Phi) is 10.3. The lowest BCUT2D eigenvalue weighted by atomic mass is 9.93. The Morgan fingerprint density at radius 2 is 1.55 bits per heavy atom. The molecule has 13 heteroatoms. The molecule has 1 amide bonds. The molecule has 0 saturated carbocycles. The van der Waals surface area contributed by atoms with Crippen LogP contribution in [0.1, 0.15) is 34.6 Å². The zero-order valence-corrected chi connectivity index (χ0v) is 19.1. The lowest BCUT2D eigenvalue weighted by Crippen LogP contribution is -2.62. The third-order valence-electron chi connectivity index (χ3n) is 4.11. The first-order valence-electron chi connectivity index (χ1n) is 9.74. The zero-order valence-electron chi connectivity index (χ0n) is 19.1. The normalized spacial score (nSPS) is 21.2. The molecule has 5 atom stereocenters. The maximum Gasteiger partial charge on any atom is 0.373 e. The lowest BCUT2D eigenvalue weighted by Gasteiger charge is -2.41. The van der Waals surface area contributed by atoms with Gasteiger partial charge in [0, 0.05) is 40.7 Å². The predicted molar refractivity (Wildman–Crippen MR) is 106 cm³/mol. The number of hydrogen-bond acceptors (Lipinski definition) is 12. The van der Waals surface area contributed by atoms with Gasteiger partial charge in [0.1, 0.15) is 18.8 Å². The van der Waals surface area contributed by atoms with Gasteiger partial charge >= 0.3 is 29.8 Å². The van der Waals surface area contributed by atoms with Crippen LogP contribution in [0.15, 0.2) is 11.8 Å². The van der Waals surface area contributed by atoms with Gasteiger partial charge in [0.15, 0.2) is 18.3 Å². The summed E-state index contributed by atoms with van der Waals surface area (Å²) in [7, 11) is 1.08. The minimum atomic E-state index is -1.52. The average Bonchev–Trinajstić information content (AvgIpc) is 2.68. The molecule has 0 aliphatic carbocycles. The highest BCUT2D eigenvalue weighted by Gasteiger charge is 2.49. The molecule has 1 heterocycles. The Hall–Kier alpha value is -3.64. The van der Waals surface area contributed by atoms with Crippen molar-refractivity contribution in [3.8, 4) is 0 Å². The smallest absolute Gasteiger partial charge is 0.373 e. The first kappa shape index (κ1) is 27.4. The number of esters is 5. The van der Waals surface area contributed by atoms with E-state index in [-0.39, 0.29) is 0 Å². The molecule has 0 bridgehead atoms. The molecular weight excluding hydrogens is 446 g/mol. The van der Waals surface area contributed by atoms with E-state index in [1.165, 1.54) is 6.92 Å². The van der Waals surface area contributed by atoms with E-state index in [1.54, 1.807) is 0 Å². The summed E-state index contributed by atoms with van der Waals surface area (Å²) < 4.78 is 30.9. The van der Waals surface area contributed by atoms with Crippen LogP contribution in [0.2, 0.25) is 0 Å². The van der Waals surface area contributed by atoms with E-state index >= 15 is 0 Å². The van der Waals surface area contributed by atoms with Gasteiger partial charge in [0.05, 0.1) is 7.11 Å². The third kappa shape index (κ3) is 8.79. The molecule has 1 aliphatic rings. The SMILES string of the molecule is COC(=O)C1=C[C@H](OC(C)=O)[C@@H](NC(C)=O)[C@H](C(OC(C)=O)[C@@H](COC(C)=O)OC(C)=O)O1. The Bertz CT molecular complexity index is 820. The number of nitrogens with one attached hydrogen (secondary N) is 1. The van der Waals surface area contributed by atoms with E-state index in [2.05, 4.69) is 10.1 Å². The van der Waals surface area contributed by atoms with Gasteiger partial charge in [0.25, 0.3) is 0 Å². The highest BCUT2D eigenvalue weighted by atomic mass is 16.6. The van der Waals surface area contributed by atoms with Crippen LogP contribution >= 0.6 is 0 Å². The van der Waals surface area contributed by atoms with Crippen LogP contribution in [-0.2, 0) is 57.2 Å². The summed E-state index contributed by atoms with van der Waals surface area (Å²) in [6.45, 7) is 4.96. The van der Waals surface area contributed by atoms with Crippen LogP contribution in [0, 0.1) is 0 Å². The highest BCUT2D eigenvalue weighted by Crippen LogP contribution is 2.28. The van der Waals surface area contributed by atoms with Crippen molar-refractivity contribution < 1.29 is 57.2 Å². The fourth-order valence-corrected chi connectivity index (χ4v) is 3.04. The van der Waals surface area contributed by atoms with Gasteiger partial charge in [-0.1, -0.05) is 0 Å². The van der Waals surface area contributed by atoms with Crippen molar-refractivity contribution in [3.05, 3.63) is 11.8 Å². The molecule has 1 rings (SSSR count). The average molecular weight is 473 g/mol. The molecule has 0 saturated heterocycles. The first-order chi connectivity index (χ1) is 15.3. The van der Waals surface area contributed by atoms with Crippen molar-refractivity contribution in [1.29, 1.82) is 0 Å². The Labute approximate surface area is 189 Å². The number of ether oxygens (including phenoxy) is 6. The van der Waals surface area contributed by atoms with Crippen LogP contribution in [0.3, 0.4) is 0 Å². The summed E-state index contributed by atoms with van der Waals surface area (Å²) in [6.07, 6.45) is -4.52. The molecule has 1 N–H and O–H groups in total. The Morgan fingerprint density at radius 1 is 0.939 bits per heavy atom. The molecule has 0 aromatic carbocycles. The first-order valence-corrected chi connectivity index (χ1v) is 9.74. The molecule has 0 radical (unpaired) electrons. The maximum atomic E-state index is 12.2. The van der Waals surface area contributed by atoms with Crippen molar-refractivity contribution in [2.24, 2.45) is 0 Å². The molecule has 33 heavy (non-hydrogen) atoms. The summed E-state index contributed by atoms with van der Waals surface area (Å²) in [5.41, 5.74) is 0. The number of hydrogen-bond donors (Lipinski definition) is 1. The van der Waals surface area contributed by atoms with Crippen molar-refractivity contribution in [1.82, 2.24) is 5.32 Å². The topological polar surface area (TPSA) is 170 Å². The van der Waals surface area contributed by atoms with Crippen LogP contribution in [0.5, 0.6) is 0 Å². The van der Waals surface area contributed by atoms with Gasteiger partial charge in [-0.3, -0.25) is 24.0 Å². The lowest BCUT2D eigenvalue weighted by molar-refractivity contribution is -0.191. The van der Waals surface area contributed by atoms with Crippen molar-refractivity contribution >= 4 is 35.8 Å². The minimum Gasteiger partial charge on any atom is -0.477 e. The third-order valence-corrected chi connectivity index (χ3v) is 4.11. The summed E-state index contributed by atoms with van der Waals surface area (Å²) in [5.74, 6) is -5.07. The largest absolute Gasteiger partial charge is 0.477 e. The van der Waals surface area contributed by atoms with E-state index in [1.807, 2.05) is 0 Å². The fraction of sp³-hybridized carbons (Fsp3) is 0.600. The van der Waals surface area contributed by atoms with Crippen molar-refractivity contribution in [3.63, 3.8) is 0 Å². The molecule has 0 spiro atoms. The van der Waals surface area contributed by atoms with E-state index < -0.39 is 78.6 Å². The summed E-state index contributed by atoms with van der Waals surface area (Å²) >= 11 is 0. The molecule has 0 aromatic heterocycles. The monoisotopic (exact) mass is 473 g/mol. The molecule has 1 unspecified atom stereocenters. The van der Waals surface area contributed by atoms with E-state index in [0.29, 0.717) is 0 Å². The second kappa shape index (κ2) is 12.4. The number of carbonyl (C=O) groups is 6. The number of carbonyl (C=O) groups excluding carboxylic acids is 6. The van der Waals surface area contributed by atoms with E-state index in [4.69, 9.17) is 23.7 Å². The molecule has 0 fully saturated rings. The van der Waals surface area contributed by atoms with Crippen LogP contribution in [-0.4, -0.2) is 79.9 Å². The van der Waals surface area contributed by atoms with Crippen LogP contribution in [0.4, 0.5) is 0 Å². The minimum absolute atomic E-state index is 0.415. The number of rotatable bonds is 9. The van der Waals surface area contributed by atoms with Gasteiger partial charge in [0.2, 0.25) is 11.7 Å². The number of methoxy groups -OCH3 is 1. The number of amides is 1. The van der Waals surface area contributed by atoms with Gasteiger partial charge < -0.3 is 33.7 Å². The Morgan fingerprint density at radius 3 is 2.00 bits per heavy atom. The zero-order chi connectivity index (χ0) is 25.3. The fourth-order valence-electron chi connectivity index (χ4n) is 3.04. The second-order valence-electron chi connectivity index (χ2n) is 6.93. The molecule has 1 aliphatic heterocycles. The predicted octanol–water partition coefficient (Wildman–Crippen LogP) is -0.695. The molecule has 184 valence electrons. The molecule has 0 aromatic rings. The highest BCUT2D eigenvalue weighted by molar-refractivity contribution is 5.86.